The second kappa shape index (κ2) is 18.2. The number of halogens is 1. The number of carbonyl (C=O) groups excluding carboxylic acids is 4. The molecule has 4 amide bonds. The van der Waals surface area contributed by atoms with Crippen molar-refractivity contribution in [3.8, 4) is 17.6 Å². The Morgan fingerprint density at radius 2 is 1.79 bits per heavy atom. The molecule has 3 aromatic carbocycles. The number of anilines is 4. The van der Waals surface area contributed by atoms with Crippen LogP contribution in [0.15, 0.2) is 60.8 Å². The Kier molecular flexibility index (Phi) is 13.1. The number of benzene rings is 3. The van der Waals surface area contributed by atoms with Gasteiger partial charge in [-0.25, -0.2) is 4.98 Å². The summed E-state index contributed by atoms with van der Waals surface area (Å²) >= 11 is 6.45. The monoisotopic (exact) mass is 809 g/mol. The number of nitrogens with zero attached hydrogens (tertiary/aromatic N) is 3. The molecule has 0 radical (unpaired) electrons. The van der Waals surface area contributed by atoms with Crippen molar-refractivity contribution in [2.75, 3.05) is 44.2 Å². The molecule has 1 aromatic heterocycles. The zero-order valence-electron chi connectivity index (χ0n) is 32.3. The minimum absolute atomic E-state index is 0.0688. The maximum absolute atomic E-state index is 13.3. The average Bonchev–Trinajstić information content (AvgIpc) is 3.43. The lowest BCUT2D eigenvalue weighted by Gasteiger charge is -2.27. The summed E-state index contributed by atoms with van der Waals surface area (Å²) in [5, 5.41) is 13.2. The number of hydrogen-bond donors (Lipinski definition) is 4. The minimum atomic E-state index is -2.56. The molecule has 1 saturated heterocycles. The number of fused-ring (bicyclic) bond motifs is 1. The highest BCUT2D eigenvalue weighted by molar-refractivity contribution is 7.70. The van der Waals surface area contributed by atoms with E-state index in [1.54, 1.807) is 38.6 Å². The first-order valence-electron chi connectivity index (χ1n) is 18.8. The zero-order chi connectivity index (χ0) is 40.7. The van der Waals surface area contributed by atoms with E-state index in [1.165, 1.54) is 6.20 Å². The van der Waals surface area contributed by atoms with Crippen molar-refractivity contribution < 1.29 is 28.5 Å². The molecule has 2 aliphatic rings. The lowest BCUT2D eigenvalue weighted by molar-refractivity contribution is -0.136. The number of para-hydroxylation sites is 1. The third kappa shape index (κ3) is 9.71. The molecule has 0 bridgehead atoms. The van der Waals surface area contributed by atoms with Crippen LogP contribution < -0.4 is 31.3 Å². The van der Waals surface area contributed by atoms with Crippen LogP contribution in [0.5, 0.6) is 5.75 Å². The Morgan fingerprint density at radius 1 is 0.982 bits per heavy atom. The van der Waals surface area contributed by atoms with Gasteiger partial charge in [-0.15, -0.1) is 0 Å². The topological polar surface area (TPSA) is 172 Å². The number of aryl methyl sites for hydroxylation is 1. The van der Waals surface area contributed by atoms with E-state index < -0.39 is 36.8 Å². The highest BCUT2D eigenvalue weighted by atomic mass is 35.5. The first-order valence-corrected chi connectivity index (χ1v) is 21.8. The van der Waals surface area contributed by atoms with E-state index in [9.17, 15) is 23.7 Å². The van der Waals surface area contributed by atoms with E-state index in [1.807, 2.05) is 43.3 Å². The van der Waals surface area contributed by atoms with E-state index >= 15 is 0 Å². The lowest BCUT2D eigenvalue weighted by Crippen LogP contribution is -2.54. The van der Waals surface area contributed by atoms with Crippen molar-refractivity contribution in [2.24, 2.45) is 0 Å². The van der Waals surface area contributed by atoms with Crippen molar-refractivity contribution in [2.45, 2.75) is 57.9 Å². The molecule has 2 aliphatic heterocycles. The van der Waals surface area contributed by atoms with Gasteiger partial charge < -0.3 is 25.3 Å². The second-order valence-corrected chi connectivity index (χ2v) is 17.9. The Hall–Kier alpha value is -5.54. The standard InChI is InChI=1S/C42H45ClN7O6P/c1-26-23-32(47-42-45-25-30(43)38(49-42)46-31-16-9-10-17-35(31)57(3,4)55)34(56-2)24-28(26)20-22-44-21-11-7-5-6-8-13-27-14-12-15-29-37(27)41(54)50(40(29)53)33-18-19-36(51)48-39(33)52/h9-10,12,14-17,23-25,33,44H,5-7,11,18-22H2,1-4H3,(H,48,51,52)(H2,45,46,47,49). The van der Waals surface area contributed by atoms with Gasteiger partial charge in [0.25, 0.3) is 11.8 Å². The summed E-state index contributed by atoms with van der Waals surface area (Å²) in [5.41, 5.74) is 4.51. The number of aromatic nitrogens is 2. The SMILES string of the molecule is COc1cc(CCNCCCCCC#Cc2cccc3c2C(=O)N(C2CCC(=O)NC2=O)C3=O)c(C)cc1Nc1ncc(Cl)c(Nc2ccccc2P(C)(C)=O)n1. The predicted molar refractivity (Wildman–Crippen MR) is 222 cm³/mol. The Bertz CT molecular complexity index is 2340. The van der Waals surface area contributed by atoms with Crippen LogP contribution in [0.25, 0.3) is 0 Å². The zero-order valence-corrected chi connectivity index (χ0v) is 34.0. The molecule has 13 nitrogen and oxygen atoms in total. The molecular weight excluding hydrogens is 765 g/mol. The van der Waals surface area contributed by atoms with E-state index in [-0.39, 0.29) is 24.0 Å². The van der Waals surface area contributed by atoms with Gasteiger partial charge in [-0.05, 0) is 107 Å². The number of nitrogens with one attached hydrogen (secondary N) is 4. The van der Waals surface area contributed by atoms with Crippen molar-refractivity contribution in [3.63, 3.8) is 0 Å². The first-order chi connectivity index (χ1) is 27.3. The van der Waals surface area contributed by atoms with E-state index in [0.717, 1.165) is 54.8 Å². The number of methoxy groups -OCH3 is 1. The van der Waals surface area contributed by atoms with Gasteiger partial charge in [-0.2, -0.15) is 4.98 Å². The summed E-state index contributed by atoms with van der Waals surface area (Å²) in [6.07, 6.45) is 5.95. The molecular formula is C42H45ClN7O6P. The molecule has 1 unspecified atom stereocenters. The number of carbonyl (C=O) groups is 4. The summed E-state index contributed by atoms with van der Waals surface area (Å²) in [5.74, 6) is 5.41. The van der Waals surface area contributed by atoms with Crippen LogP contribution in [-0.4, -0.2) is 78.1 Å². The van der Waals surface area contributed by atoms with Gasteiger partial charge in [-0.1, -0.05) is 48.1 Å². The molecule has 3 heterocycles. The van der Waals surface area contributed by atoms with Gasteiger partial charge >= 0.3 is 0 Å². The number of rotatable bonds is 15. The maximum atomic E-state index is 13.3. The van der Waals surface area contributed by atoms with Crippen LogP contribution in [0, 0.1) is 18.8 Å². The van der Waals surface area contributed by atoms with E-state index in [4.69, 9.17) is 16.3 Å². The fourth-order valence-corrected chi connectivity index (χ4v) is 8.14. The van der Waals surface area contributed by atoms with Crippen molar-refractivity contribution in [3.05, 3.63) is 93.6 Å². The molecule has 296 valence electrons. The molecule has 4 aromatic rings. The molecule has 0 aliphatic carbocycles. The summed E-state index contributed by atoms with van der Waals surface area (Å²) < 4.78 is 18.6. The van der Waals surface area contributed by atoms with Crippen LogP contribution in [0.4, 0.5) is 23.1 Å². The molecule has 1 atom stereocenters. The van der Waals surface area contributed by atoms with Crippen molar-refractivity contribution >= 4 is 70.8 Å². The smallest absolute Gasteiger partial charge is 0.263 e. The molecule has 4 N–H and O–H groups in total. The molecule has 0 spiro atoms. The van der Waals surface area contributed by atoms with Crippen LogP contribution >= 0.6 is 18.7 Å². The number of imide groups is 2. The molecule has 6 rings (SSSR count). The van der Waals surface area contributed by atoms with E-state index in [2.05, 4.69) is 43.1 Å². The van der Waals surface area contributed by atoms with Gasteiger partial charge in [0.2, 0.25) is 17.8 Å². The van der Waals surface area contributed by atoms with Gasteiger partial charge in [0.15, 0.2) is 5.82 Å². The highest BCUT2D eigenvalue weighted by Crippen LogP contribution is 2.39. The first kappa shape index (κ1) is 41.1. The van der Waals surface area contributed by atoms with Crippen LogP contribution in [0.1, 0.15) is 75.9 Å². The minimum Gasteiger partial charge on any atom is -0.495 e. The molecule has 1 fully saturated rings. The highest BCUT2D eigenvalue weighted by Gasteiger charge is 2.45. The predicted octanol–water partition coefficient (Wildman–Crippen LogP) is 6.33. The van der Waals surface area contributed by atoms with Crippen molar-refractivity contribution in [1.29, 1.82) is 0 Å². The Labute approximate surface area is 337 Å². The summed E-state index contributed by atoms with van der Waals surface area (Å²) in [7, 11) is -0.937. The second-order valence-electron chi connectivity index (χ2n) is 14.3. The quantitative estimate of drug-likeness (QED) is 0.0458. The summed E-state index contributed by atoms with van der Waals surface area (Å²) in [6, 6.07) is 15.4. The lowest BCUT2D eigenvalue weighted by atomic mass is 10.0. The number of unbranched alkanes of at least 4 members (excludes halogenated alkanes) is 3. The van der Waals surface area contributed by atoms with Crippen LogP contribution in [-0.2, 0) is 20.6 Å². The third-order valence-corrected chi connectivity index (χ3v) is 11.6. The third-order valence-electron chi connectivity index (χ3n) is 9.80. The van der Waals surface area contributed by atoms with Gasteiger partial charge in [-0.3, -0.25) is 29.4 Å². The van der Waals surface area contributed by atoms with Gasteiger partial charge in [0.05, 0.1) is 35.8 Å². The largest absolute Gasteiger partial charge is 0.495 e. The Balaban J connectivity index is 0.956. The number of hydrogen-bond acceptors (Lipinski definition) is 11. The van der Waals surface area contributed by atoms with Crippen LogP contribution in [0.2, 0.25) is 5.02 Å². The average molecular weight is 810 g/mol. The molecule has 57 heavy (non-hydrogen) atoms. The summed E-state index contributed by atoms with van der Waals surface area (Å²) in [4.78, 5) is 60.2. The molecule has 0 saturated carbocycles. The normalized spacial score (nSPS) is 15.2. The maximum Gasteiger partial charge on any atom is 0.263 e. The number of ether oxygens (including phenoxy) is 1. The van der Waals surface area contributed by atoms with E-state index in [0.29, 0.717) is 51.2 Å². The number of piperidine rings is 1. The fraction of sp³-hybridized carbons (Fsp3) is 0.333. The number of amides is 4. The van der Waals surface area contributed by atoms with Gasteiger partial charge in [0.1, 0.15) is 24.0 Å². The van der Waals surface area contributed by atoms with Crippen LogP contribution in [0.3, 0.4) is 0 Å². The summed E-state index contributed by atoms with van der Waals surface area (Å²) in [6.45, 7) is 7.13. The van der Waals surface area contributed by atoms with Gasteiger partial charge in [0, 0.05) is 23.7 Å². The fourth-order valence-electron chi connectivity index (χ4n) is 6.84. The van der Waals surface area contributed by atoms with Crippen molar-refractivity contribution in [1.82, 2.24) is 25.5 Å². The Morgan fingerprint density at radius 3 is 2.56 bits per heavy atom. The molecule has 15 heteroatoms.